The van der Waals surface area contributed by atoms with E-state index in [9.17, 15) is 8.42 Å². The third-order valence-corrected chi connectivity index (χ3v) is 8.25. The van der Waals surface area contributed by atoms with Crippen molar-refractivity contribution in [1.29, 1.82) is 0 Å². The number of hydrogen-bond donors (Lipinski definition) is 2. The lowest BCUT2D eigenvalue weighted by Crippen LogP contribution is -2.20. The standard InChI is InChI=1S/C18H26N4O2S2/c1-10(2)16-14-8-25-7-12(18(14)22-20-16)6-11(3)17-13-4-5-26(23,24)9-15(13)19-21-17/h10-12H,4-9H2,1-3H3,(H,19,21)(H,20,22). The molecule has 0 aromatic carbocycles. The molecule has 142 valence electrons. The monoisotopic (exact) mass is 394 g/mol. The number of aromatic amines is 2. The lowest BCUT2D eigenvalue weighted by molar-refractivity contribution is 0.566. The van der Waals surface area contributed by atoms with Crippen LogP contribution in [0.5, 0.6) is 0 Å². The molecule has 0 saturated carbocycles. The summed E-state index contributed by atoms with van der Waals surface area (Å²) in [7, 11) is -2.97. The topological polar surface area (TPSA) is 91.5 Å². The number of nitrogens with one attached hydrogen (secondary N) is 2. The van der Waals surface area contributed by atoms with Crippen LogP contribution in [0.1, 0.15) is 78.8 Å². The van der Waals surface area contributed by atoms with E-state index in [0.29, 0.717) is 18.3 Å². The van der Waals surface area contributed by atoms with E-state index in [1.165, 1.54) is 17.0 Å². The first-order valence-electron chi connectivity index (χ1n) is 9.27. The van der Waals surface area contributed by atoms with Crippen molar-refractivity contribution in [3.05, 3.63) is 33.9 Å². The van der Waals surface area contributed by atoms with Crippen LogP contribution < -0.4 is 0 Å². The molecule has 0 spiro atoms. The highest BCUT2D eigenvalue weighted by Crippen LogP contribution is 2.41. The molecule has 0 radical (unpaired) electrons. The van der Waals surface area contributed by atoms with Gasteiger partial charge in [-0.1, -0.05) is 20.8 Å². The van der Waals surface area contributed by atoms with E-state index in [-0.39, 0.29) is 17.4 Å². The van der Waals surface area contributed by atoms with E-state index in [4.69, 9.17) is 0 Å². The number of aromatic nitrogens is 4. The van der Waals surface area contributed by atoms with E-state index in [0.717, 1.165) is 34.9 Å². The molecule has 2 atom stereocenters. The molecule has 4 rings (SSSR count). The van der Waals surface area contributed by atoms with E-state index >= 15 is 0 Å². The Balaban J connectivity index is 1.56. The van der Waals surface area contributed by atoms with Crippen molar-refractivity contribution in [2.75, 3.05) is 11.5 Å². The van der Waals surface area contributed by atoms with Crippen molar-refractivity contribution >= 4 is 21.6 Å². The van der Waals surface area contributed by atoms with Crippen molar-refractivity contribution in [2.45, 2.75) is 62.9 Å². The average molecular weight is 395 g/mol. The summed E-state index contributed by atoms with van der Waals surface area (Å²) in [5.41, 5.74) is 6.86. The lowest BCUT2D eigenvalue weighted by Gasteiger charge is -2.25. The molecule has 0 fully saturated rings. The van der Waals surface area contributed by atoms with Crippen molar-refractivity contribution < 1.29 is 8.42 Å². The van der Waals surface area contributed by atoms with Gasteiger partial charge in [-0.25, -0.2) is 8.42 Å². The van der Waals surface area contributed by atoms with Crippen LogP contribution in [0.4, 0.5) is 0 Å². The van der Waals surface area contributed by atoms with Crippen molar-refractivity contribution in [3.63, 3.8) is 0 Å². The lowest BCUT2D eigenvalue weighted by atomic mass is 9.87. The van der Waals surface area contributed by atoms with Crippen LogP contribution in [0.2, 0.25) is 0 Å². The Morgan fingerprint density at radius 1 is 1.15 bits per heavy atom. The highest BCUT2D eigenvalue weighted by Gasteiger charge is 2.31. The van der Waals surface area contributed by atoms with Crippen LogP contribution in [-0.2, 0) is 27.8 Å². The molecular weight excluding hydrogens is 368 g/mol. The molecule has 0 bridgehead atoms. The second kappa shape index (κ2) is 6.71. The smallest absolute Gasteiger partial charge is 0.156 e. The Kier molecular flexibility index (Phi) is 4.67. The van der Waals surface area contributed by atoms with Gasteiger partial charge in [0.05, 0.1) is 28.6 Å². The summed E-state index contributed by atoms with van der Waals surface area (Å²) in [6, 6.07) is 0. The van der Waals surface area contributed by atoms with Crippen LogP contribution in [0.15, 0.2) is 0 Å². The molecule has 6 nitrogen and oxygen atoms in total. The highest BCUT2D eigenvalue weighted by molar-refractivity contribution is 7.98. The van der Waals surface area contributed by atoms with Gasteiger partial charge in [-0.2, -0.15) is 22.0 Å². The molecule has 2 N–H and O–H groups in total. The largest absolute Gasteiger partial charge is 0.282 e. The van der Waals surface area contributed by atoms with E-state index in [2.05, 4.69) is 41.2 Å². The van der Waals surface area contributed by atoms with Crippen molar-refractivity contribution in [1.82, 2.24) is 20.4 Å². The molecule has 2 unspecified atom stereocenters. The molecule has 8 heteroatoms. The van der Waals surface area contributed by atoms with Gasteiger partial charge >= 0.3 is 0 Å². The van der Waals surface area contributed by atoms with Gasteiger partial charge in [0.25, 0.3) is 0 Å². The predicted molar refractivity (Wildman–Crippen MR) is 104 cm³/mol. The second-order valence-electron chi connectivity index (χ2n) is 7.91. The number of hydrogen-bond acceptors (Lipinski definition) is 5. The summed E-state index contributed by atoms with van der Waals surface area (Å²) in [5.74, 6) is 3.64. The number of rotatable bonds is 4. The van der Waals surface area contributed by atoms with Crippen LogP contribution in [0.3, 0.4) is 0 Å². The van der Waals surface area contributed by atoms with Crippen LogP contribution in [0, 0.1) is 0 Å². The van der Waals surface area contributed by atoms with E-state index in [1.54, 1.807) is 0 Å². The first kappa shape index (κ1) is 18.1. The minimum Gasteiger partial charge on any atom is -0.282 e. The zero-order valence-electron chi connectivity index (χ0n) is 15.5. The fourth-order valence-electron chi connectivity index (χ4n) is 4.24. The number of H-pyrrole nitrogens is 2. The molecule has 2 aromatic rings. The average Bonchev–Trinajstić information content (AvgIpc) is 3.17. The van der Waals surface area contributed by atoms with Crippen molar-refractivity contribution in [3.8, 4) is 0 Å². The fourth-order valence-corrected chi connectivity index (χ4v) is 6.79. The third kappa shape index (κ3) is 3.22. The molecule has 4 heterocycles. The molecule has 0 saturated heterocycles. The Hall–Kier alpha value is -1.28. The molecule has 26 heavy (non-hydrogen) atoms. The molecule has 2 aromatic heterocycles. The summed E-state index contributed by atoms with van der Waals surface area (Å²) in [4.78, 5) is 0. The number of fused-ring (bicyclic) bond motifs is 2. The quantitative estimate of drug-likeness (QED) is 0.830. The van der Waals surface area contributed by atoms with Crippen LogP contribution >= 0.6 is 11.8 Å². The molecule has 2 aliphatic heterocycles. The van der Waals surface area contributed by atoms with E-state index < -0.39 is 9.84 Å². The summed E-state index contributed by atoms with van der Waals surface area (Å²) in [6.07, 6.45) is 1.59. The zero-order chi connectivity index (χ0) is 18.5. The minimum atomic E-state index is -2.97. The Morgan fingerprint density at radius 3 is 2.69 bits per heavy atom. The molecular formula is C18H26N4O2S2. The maximum absolute atomic E-state index is 11.8. The maximum atomic E-state index is 11.8. The fraction of sp³-hybridized carbons (Fsp3) is 0.667. The Bertz CT molecular complexity index is 914. The van der Waals surface area contributed by atoms with Gasteiger partial charge in [0.2, 0.25) is 0 Å². The van der Waals surface area contributed by atoms with Gasteiger partial charge in [-0.05, 0) is 24.3 Å². The first-order valence-corrected chi connectivity index (χ1v) is 12.2. The first-order chi connectivity index (χ1) is 12.4. The van der Waals surface area contributed by atoms with Gasteiger partial charge < -0.3 is 0 Å². The van der Waals surface area contributed by atoms with Crippen molar-refractivity contribution in [2.24, 2.45) is 0 Å². The van der Waals surface area contributed by atoms with Crippen LogP contribution in [0.25, 0.3) is 0 Å². The predicted octanol–water partition coefficient (Wildman–Crippen LogP) is 3.25. The summed E-state index contributed by atoms with van der Waals surface area (Å²) < 4.78 is 23.7. The van der Waals surface area contributed by atoms with Gasteiger partial charge in [0.15, 0.2) is 9.84 Å². The van der Waals surface area contributed by atoms with Gasteiger partial charge in [0, 0.05) is 34.6 Å². The number of nitrogens with zero attached hydrogens (tertiary/aromatic N) is 2. The number of thioether (sulfide) groups is 1. The summed E-state index contributed by atoms with van der Waals surface area (Å²) in [5, 5.41) is 15.4. The normalized spacial score (nSPS) is 22.8. The van der Waals surface area contributed by atoms with E-state index in [1.807, 2.05) is 11.8 Å². The Labute approximate surface area is 158 Å². The minimum absolute atomic E-state index is 0.101. The van der Waals surface area contributed by atoms with Gasteiger partial charge in [-0.3, -0.25) is 10.2 Å². The third-order valence-electron chi connectivity index (χ3n) is 5.57. The second-order valence-corrected chi connectivity index (χ2v) is 11.1. The van der Waals surface area contributed by atoms with Gasteiger partial charge in [0.1, 0.15) is 0 Å². The van der Waals surface area contributed by atoms with Crippen LogP contribution in [-0.4, -0.2) is 40.3 Å². The summed E-state index contributed by atoms with van der Waals surface area (Å²) in [6.45, 7) is 6.59. The molecule has 0 amide bonds. The molecule has 2 aliphatic rings. The Morgan fingerprint density at radius 2 is 1.92 bits per heavy atom. The van der Waals surface area contributed by atoms with Gasteiger partial charge in [-0.15, -0.1) is 0 Å². The summed E-state index contributed by atoms with van der Waals surface area (Å²) >= 11 is 1.98. The zero-order valence-corrected chi connectivity index (χ0v) is 17.1. The maximum Gasteiger partial charge on any atom is 0.156 e. The SMILES string of the molecule is CC(C)c1n[nH]c2c1CSCC2CC(C)c1n[nH]c2c1CCS(=O)(=O)C2. The highest BCUT2D eigenvalue weighted by atomic mass is 32.2. The number of sulfone groups is 1. The molecule has 0 aliphatic carbocycles.